The van der Waals surface area contributed by atoms with Gasteiger partial charge in [-0.05, 0) is 30.3 Å². The lowest BCUT2D eigenvalue weighted by atomic mass is 10.0. The molecule has 5 heteroatoms. The highest BCUT2D eigenvalue weighted by Crippen LogP contribution is 2.30. The number of nitrogens with one attached hydrogen (secondary N) is 1. The Kier molecular flexibility index (Phi) is 3.16. The van der Waals surface area contributed by atoms with Crippen molar-refractivity contribution in [3.05, 3.63) is 63.8 Å². The molecule has 0 unspecified atom stereocenters. The number of aromatic amines is 1. The lowest BCUT2D eigenvalue weighted by Gasteiger charge is -2.04. The van der Waals surface area contributed by atoms with E-state index in [4.69, 9.17) is 28.9 Å². The molecule has 0 bridgehead atoms. The van der Waals surface area contributed by atoms with Crippen LogP contribution in [0.1, 0.15) is 15.9 Å². The summed E-state index contributed by atoms with van der Waals surface area (Å²) in [5, 5.41) is 1.58. The lowest BCUT2D eigenvalue weighted by Crippen LogP contribution is -2.02. The average molecular weight is 305 g/mol. The number of nitrogens with two attached hydrogens (primary N) is 1. The number of carbonyl (C=O) groups excluding carboxylic acids is 1. The van der Waals surface area contributed by atoms with Crippen LogP contribution >= 0.6 is 23.2 Å². The van der Waals surface area contributed by atoms with Gasteiger partial charge in [0.15, 0.2) is 5.78 Å². The number of halogens is 2. The van der Waals surface area contributed by atoms with Crippen molar-refractivity contribution in [3.63, 3.8) is 0 Å². The smallest absolute Gasteiger partial charge is 0.196 e. The van der Waals surface area contributed by atoms with E-state index >= 15 is 0 Å². The largest absolute Gasteiger partial charge is 0.399 e. The highest BCUT2D eigenvalue weighted by atomic mass is 35.5. The van der Waals surface area contributed by atoms with Gasteiger partial charge in [-0.1, -0.05) is 29.3 Å². The summed E-state index contributed by atoms with van der Waals surface area (Å²) in [7, 11) is 0. The highest BCUT2D eigenvalue weighted by Gasteiger charge is 2.18. The number of hydrogen-bond donors (Lipinski definition) is 2. The molecule has 20 heavy (non-hydrogen) atoms. The highest BCUT2D eigenvalue weighted by molar-refractivity contribution is 6.39. The van der Waals surface area contributed by atoms with Crippen molar-refractivity contribution in [2.45, 2.75) is 0 Å². The number of benzene rings is 2. The quantitative estimate of drug-likeness (QED) is 0.548. The van der Waals surface area contributed by atoms with E-state index in [0.29, 0.717) is 32.2 Å². The molecule has 3 nitrogen and oxygen atoms in total. The van der Waals surface area contributed by atoms with Crippen molar-refractivity contribution in [1.82, 2.24) is 4.98 Å². The molecule has 0 saturated carbocycles. The van der Waals surface area contributed by atoms with Crippen LogP contribution in [0.3, 0.4) is 0 Å². The number of ketones is 1. The molecule has 1 aromatic heterocycles. The van der Waals surface area contributed by atoms with Crippen LogP contribution in [-0.2, 0) is 0 Å². The predicted molar refractivity (Wildman–Crippen MR) is 82.6 cm³/mol. The van der Waals surface area contributed by atoms with Gasteiger partial charge in [0.25, 0.3) is 0 Å². The molecule has 3 N–H and O–H groups in total. The van der Waals surface area contributed by atoms with Gasteiger partial charge in [0.05, 0.1) is 10.0 Å². The third-order valence-corrected chi connectivity index (χ3v) is 3.78. The Morgan fingerprint density at radius 3 is 2.65 bits per heavy atom. The first kappa shape index (κ1) is 13.0. The summed E-state index contributed by atoms with van der Waals surface area (Å²) < 4.78 is 0. The Bertz CT molecular complexity index is 824. The van der Waals surface area contributed by atoms with Crippen LogP contribution in [0, 0.1) is 0 Å². The van der Waals surface area contributed by atoms with Gasteiger partial charge in [-0.3, -0.25) is 4.79 Å². The summed E-state index contributed by atoms with van der Waals surface area (Å²) in [5.41, 5.74) is 7.86. The first-order chi connectivity index (χ1) is 9.58. The van der Waals surface area contributed by atoms with Gasteiger partial charge < -0.3 is 10.7 Å². The van der Waals surface area contributed by atoms with Crippen molar-refractivity contribution < 1.29 is 4.79 Å². The molecular formula is C15H10Cl2N2O. The zero-order valence-corrected chi connectivity index (χ0v) is 11.8. The maximum atomic E-state index is 12.6. The third-order valence-electron chi connectivity index (χ3n) is 3.13. The minimum Gasteiger partial charge on any atom is -0.399 e. The van der Waals surface area contributed by atoms with Gasteiger partial charge in [0.2, 0.25) is 0 Å². The number of fused-ring (bicyclic) bond motifs is 1. The van der Waals surface area contributed by atoms with E-state index in [0.717, 1.165) is 5.52 Å². The molecule has 0 aliphatic heterocycles. The number of H-pyrrole nitrogens is 1. The first-order valence-electron chi connectivity index (χ1n) is 5.93. The molecule has 0 saturated heterocycles. The molecule has 0 amide bonds. The van der Waals surface area contributed by atoms with Crippen LogP contribution in [0.15, 0.2) is 42.6 Å². The zero-order chi connectivity index (χ0) is 14.3. The van der Waals surface area contributed by atoms with E-state index in [9.17, 15) is 4.79 Å². The standard InChI is InChI=1S/C15H10Cl2N2O/c16-11-5-4-8(18)6-9(11)15(20)10-7-19-13-3-1-2-12(17)14(10)13/h1-7,19H,18H2. The van der Waals surface area contributed by atoms with Gasteiger partial charge in [-0.25, -0.2) is 0 Å². The summed E-state index contributed by atoms with van der Waals surface area (Å²) in [5.74, 6) is -0.207. The molecule has 0 aliphatic carbocycles. The van der Waals surface area contributed by atoms with Gasteiger partial charge in [-0.2, -0.15) is 0 Å². The van der Waals surface area contributed by atoms with Crippen LogP contribution in [0.2, 0.25) is 10.0 Å². The number of hydrogen-bond acceptors (Lipinski definition) is 2. The van der Waals surface area contributed by atoms with Crippen molar-refractivity contribution in [2.24, 2.45) is 0 Å². The average Bonchev–Trinajstić information content (AvgIpc) is 2.86. The Labute approximate surface area is 125 Å². The summed E-state index contributed by atoms with van der Waals surface area (Å²) >= 11 is 12.3. The number of rotatable bonds is 2. The lowest BCUT2D eigenvalue weighted by molar-refractivity contribution is 0.104. The van der Waals surface area contributed by atoms with E-state index < -0.39 is 0 Å². The molecule has 0 radical (unpaired) electrons. The minimum atomic E-state index is -0.207. The monoisotopic (exact) mass is 304 g/mol. The second-order valence-electron chi connectivity index (χ2n) is 4.43. The molecule has 0 aliphatic rings. The van der Waals surface area contributed by atoms with Crippen LogP contribution in [-0.4, -0.2) is 10.8 Å². The number of carbonyl (C=O) groups is 1. The van der Waals surface area contributed by atoms with E-state index in [-0.39, 0.29) is 5.78 Å². The fourth-order valence-electron chi connectivity index (χ4n) is 2.18. The molecule has 3 aromatic rings. The normalized spacial score (nSPS) is 10.9. The van der Waals surface area contributed by atoms with E-state index in [1.54, 1.807) is 30.5 Å². The van der Waals surface area contributed by atoms with Gasteiger partial charge >= 0.3 is 0 Å². The number of nitrogen functional groups attached to an aromatic ring is 1. The second-order valence-corrected chi connectivity index (χ2v) is 5.25. The van der Waals surface area contributed by atoms with Gasteiger partial charge in [-0.15, -0.1) is 0 Å². The van der Waals surface area contributed by atoms with Crippen LogP contribution < -0.4 is 5.73 Å². The zero-order valence-electron chi connectivity index (χ0n) is 10.3. The van der Waals surface area contributed by atoms with Crippen molar-refractivity contribution in [2.75, 3.05) is 5.73 Å². The second kappa shape index (κ2) is 4.85. The number of anilines is 1. The number of aromatic nitrogens is 1. The molecule has 3 rings (SSSR count). The maximum Gasteiger partial charge on any atom is 0.196 e. The third kappa shape index (κ3) is 2.05. The fourth-order valence-corrected chi connectivity index (χ4v) is 2.66. The maximum absolute atomic E-state index is 12.6. The molecule has 0 fully saturated rings. The van der Waals surface area contributed by atoms with Crippen LogP contribution in [0.4, 0.5) is 5.69 Å². The Morgan fingerprint density at radius 1 is 1.05 bits per heavy atom. The molecule has 100 valence electrons. The van der Waals surface area contributed by atoms with Crippen molar-refractivity contribution in [3.8, 4) is 0 Å². The SMILES string of the molecule is Nc1ccc(Cl)c(C(=O)c2c[nH]c3cccc(Cl)c23)c1. The Balaban J connectivity index is 2.21. The predicted octanol–water partition coefficient (Wildman–Crippen LogP) is 4.29. The van der Waals surface area contributed by atoms with E-state index in [1.807, 2.05) is 12.1 Å². The topological polar surface area (TPSA) is 58.9 Å². The summed E-state index contributed by atoms with van der Waals surface area (Å²) in [6, 6.07) is 10.3. The fraction of sp³-hybridized carbons (Fsp3) is 0. The van der Waals surface area contributed by atoms with E-state index in [2.05, 4.69) is 4.98 Å². The molecule has 0 spiro atoms. The van der Waals surface area contributed by atoms with Crippen molar-refractivity contribution >= 4 is 45.6 Å². The Hall–Kier alpha value is -1.97. The van der Waals surface area contributed by atoms with Gasteiger partial charge in [0.1, 0.15) is 0 Å². The summed E-state index contributed by atoms with van der Waals surface area (Å²) in [6.07, 6.45) is 1.64. The minimum absolute atomic E-state index is 0.207. The summed E-state index contributed by atoms with van der Waals surface area (Å²) in [4.78, 5) is 15.7. The summed E-state index contributed by atoms with van der Waals surface area (Å²) in [6.45, 7) is 0. The Morgan fingerprint density at radius 2 is 1.85 bits per heavy atom. The molecule has 0 atom stereocenters. The molecule has 1 heterocycles. The van der Waals surface area contributed by atoms with Crippen LogP contribution in [0.25, 0.3) is 10.9 Å². The molecule has 2 aromatic carbocycles. The van der Waals surface area contributed by atoms with Crippen LogP contribution in [0.5, 0.6) is 0 Å². The van der Waals surface area contributed by atoms with Crippen molar-refractivity contribution in [1.29, 1.82) is 0 Å². The molecular weight excluding hydrogens is 295 g/mol. The van der Waals surface area contributed by atoms with E-state index in [1.165, 1.54) is 0 Å². The van der Waals surface area contributed by atoms with Gasteiger partial charge in [0, 0.05) is 33.9 Å². The first-order valence-corrected chi connectivity index (χ1v) is 6.69.